The molecule has 1 aromatic heterocycles. The summed E-state index contributed by atoms with van der Waals surface area (Å²) < 4.78 is 12.0. The highest BCUT2D eigenvalue weighted by Crippen LogP contribution is 2.29. The molecule has 6 nitrogen and oxygen atoms in total. The van der Waals surface area contributed by atoms with E-state index >= 15 is 0 Å². The van der Waals surface area contributed by atoms with Gasteiger partial charge in [0.25, 0.3) is 0 Å². The average molecular weight is 232 g/mol. The first kappa shape index (κ1) is 11.1. The number of hydrogen-bond donors (Lipinski definition) is 0. The van der Waals surface area contributed by atoms with Gasteiger partial charge in [-0.15, -0.1) is 10.2 Å². The van der Waals surface area contributed by atoms with Crippen molar-refractivity contribution in [2.24, 2.45) is 5.10 Å². The van der Waals surface area contributed by atoms with Crippen LogP contribution in [0.4, 0.5) is 0 Å². The fourth-order valence-corrected chi connectivity index (χ4v) is 1.40. The lowest BCUT2D eigenvalue weighted by Gasteiger charge is -2.09. The predicted molar refractivity (Wildman–Crippen MR) is 62.6 cm³/mol. The summed E-state index contributed by atoms with van der Waals surface area (Å²) in [6, 6.07) is 5.58. The summed E-state index contributed by atoms with van der Waals surface area (Å²) in [5.41, 5.74) is 0.820. The SMILES string of the molecule is COc1cccc(/C=N/n2cnnc2)c1OC. The third-order valence-electron chi connectivity index (χ3n) is 2.17. The lowest BCUT2D eigenvalue weighted by Crippen LogP contribution is -1.96. The van der Waals surface area contributed by atoms with Gasteiger partial charge >= 0.3 is 0 Å². The zero-order valence-corrected chi connectivity index (χ0v) is 9.57. The molecule has 0 fully saturated rings. The number of aromatic nitrogens is 3. The molecule has 0 aliphatic rings. The topological polar surface area (TPSA) is 61.5 Å². The molecule has 0 saturated heterocycles. The van der Waals surface area contributed by atoms with Crippen molar-refractivity contribution in [2.45, 2.75) is 0 Å². The second kappa shape index (κ2) is 5.11. The fraction of sp³-hybridized carbons (Fsp3) is 0.182. The van der Waals surface area contributed by atoms with Gasteiger partial charge in [-0.1, -0.05) is 6.07 Å². The summed E-state index contributed by atoms with van der Waals surface area (Å²) in [5.74, 6) is 1.31. The summed E-state index contributed by atoms with van der Waals surface area (Å²) >= 11 is 0. The Morgan fingerprint density at radius 2 is 1.94 bits per heavy atom. The Balaban J connectivity index is 2.32. The number of benzene rings is 1. The van der Waals surface area contributed by atoms with E-state index in [0.29, 0.717) is 11.5 Å². The van der Waals surface area contributed by atoms with Crippen molar-refractivity contribution in [3.8, 4) is 11.5 Å². The number of rotatable bonds is 4. The molecular weight excluding hydrogens is 220 g/mol. The molecule has 0 aliphatic carbocycles. The number of nitrogens with zero attached hydrogens (tertiary/aromatic N) is 4. The maximum Gasteiger partial charge on any atom is 0.169 e. The van der Waals surface area contributed by atoms with Crippen molar-refractivity contribution >= 4 is 6.21 Å². The van der Waals surface area contributed by atoms with Gasteiger partial charge in [0.1, 0.15) is 12.7 Å². The van der Waals surface area contributed by atoms with E-state index in [9.17, 15) is 0 Å². The second-order valence-corrected chi connectivity index (χ2v) is 3.17. The highest BCUT2D eigenvalue weighted by Gasteiger charge is 2.06. The molecule has 0 unspecified atom stereocenters. The molecule has 6 heteroatoms. The van der Waals surface area contributed by atoms with Gasteiger partial charge in [0.2, 0.25) is 0 Å². The minimum atomic E-state index is 0.645. The van der Waals surface area contributed by atoms with E-state index in [1.165, 1.54) is 17.3 Å². The smallest absolute Gasteiger partial charge is 0.169 e. The number of ether oxygens (including phenoxy) is 2. The van der Waals surface area contributed by atoms with Crippen molar-refractivity contribution in [1.29, 1.82) is 0 Å². The van der Waals surface area contributed by atoms with Gasteiger partial charge in [-0.3, -0.25) is 0 Å². The lowest BCUT2D eigenvalue weighted by molar-refractivity contribution is 0.354. The van der Waals surface area contributed by atoms with Crippen molar-refractivity contribution in [1.82, 2.24) is 14.9 Å². The standard InChI is InChI=1S/C11H12N4O2/c1-16-10-5-3-4-9(11(10)17-2)6-14-15-7-12-13-8-15/h3-8H,1-2H3/b14-6+. The van der Waals surface area contributed by atoms with Gasteiger partial charge in [-0.25, -0.2) is 4.68 Å². The Hall–Kier alpha value is -2.37. The van der Waals surface area contributed by atoms with E-state index in [4.69, 9.17) is 9.47 Å². The molecule has 0 spiro atoms. The average Bonchev–Trinajstić information content (AvgIpc) is 2.88. The first-order valence-corrected chi connectivity index (χ1v) is 4.95. The Morgan fingerprint density at radius 3 is 2.59 bits per heavy atom. The predicted octanol–water partition coefficient (Wildman–Crippen LogP) is 1.18. The van der Waals surface area contributed by atoms with Crippen molar-refractivity contribution < 1.29 is 9.47 Å². The van der Waals surface area contributed by atoms with E-state index in [-0.39, 0.29) is 0 Å². The molecule has 88 valence electrons. The van der Waals surface area contributed by atoms with Crippen LogP contribution in [-0.2, 0) is 0 Å². The van der Waals surface area contributed by atoms with Gasteiger partial charge in [0.05, 0.1) is 20.4 Å². The minimum Gasteiger partial charge on any atom is -0.493 e. The van der Waals surface area contributed by atoms with E-state index in [1.54, 1.807) is 20.4 Å². The maximum absolute atomic E-state index is 5.28. The third-order valence-corrected chi connectivity index (χ3v) is 2.17. The van der Waals surface area contributed by atoms with Crippen molar-refractivity contribution in [3.63, 3.8) is 0 Å². The van der Waals surface area contributed by atoms with Gasteiger partial charge in [-0.05, 0) is 12.1 Å². The van der Waals surface area contributed by atoms with Crippen LogP contribution in [0.25, 0.3) is 0 Å². The molecule has 0 atom stereocenters. The van der Waals surface area contributed by atoms with Crippen LogP contribution in [0.2, 0.25) is 0 Å². The van der Waals surface area contributed by atoms with Crippen LogP contribution in [0, 0.1) is 0 Å². The fourth-order valence-electron chi connectivity index (χ4n) is 1.40. The molecule has 0 N–H and O–H groups in total. The monoisotopic (exact) mass is 232 g/mol. The Kier molecular flexibility index (Phi) is 3.34. The lowest BCUT2D eigenvalue weighted by atomic mass is 10.2. The normalized spacial score (nSPS) is 10.7. The summed E-state index contributed by atoms with van der Waals surface area (Å²) in [6.45, 7) is 0. The molecule has 0 amide bonds. The van der Waals surface area contributed by atoms with Crippen molar-refractivity contribution in [2.75, 3.05) is 14.2 Å². The van der Waals surface area contributed by atoms with Crippen molar-refractivity contribution in [3.05, 3.63) is 36.4 Å². The largest absolute Gasteiger partial charge is 0.493 e. The number of para-hydroxylation sites is 1. The first-order chi connectivity index (χ1) is 8.35. The molecule has 0 bridgehead atoms. The second-order valence-electron chi connectivity index (χ2n) is 3.17. The highest BCUT2D eigenvalue weighted by atomic mass is 16.5. The van der Waals surface area contributed by atoms with Crippen LogP contribution in [0.1, 0.15) is 5.56 Å². The van der Waals surface area contributed by atoms with Crippen LogP contribution in [0.3, 0.4) is 0 Å². The van der Waals surface area contributed by atoms with Gasteiger partial charge < -0.3 is 9.47 Å². The Bertz CT molecular complexity index is 508. The van der Waals surface area contributed by atoms with Gasteiger partial charge in [0.15, 0.2) is 11.5 Å². The van der Waals surface area contributed by atoms with E-state index in [1.807, 2.05) is 18.2 Å². The summed E-state index contributed by atoms with van der Waals surface area (Å²) in [7, 11) is 3.19. The molecular formula is C11H12N4O2. The molecule has 0 radical (unpaired) electrons. The highest BCUT2D eigenvalue weighted by molar-refractivity contribution is 5.84. The first-order valence-electron chi connectivity index (χ1n) is 4.95. The maximum atomic E-state index is 5.28. The summed E-state index contributed by atoms with van der Waals surface area (Å²) in [6.07, 6.45) is 4.66. The molecule has 0 saturated carbocycles. The summed E-state index contributed by atoms with van der Waals surface area (Å²) in [5, 5.41) is 11.5. The van der Waals surface area contributed by atoms with E-state index in [2.05, 4.69) is 15.3 Å². The van der Waals surface area contributed by atoms with E-state index < -0.39 is 0 Å². The van der Waals surface area contributed by atoms with E-state index in [0.717, 1.165) is 5.56 Å². The molecule has 17 heavy (non-hydrogen) atoms. The van der Waals surface area contributed by atoms with Crippen LogP contribution in [0.15, 0.2) is 36.0 Å². The quantitative estimate of drug-likeness (QED) is 0.742. The number of hydrogen-bond acceptors (Lipinski definition) is 5. The Morgan fingerprint density at radius 1 is 1.18 bits per heavy atom. The van der Waals surface area contributed by atoms with Crippen LogP contribution >= 0.6 is 0 Å². The number of methoxy groups -OCH3 is 2. The Labute approximate surface area is 98.5 Å². The molecule has 1 heterocycles. The molecule has 0 aliphatic heterocycles. The van der Waals surface area contributed by atoms with Crippen LogP contribution in [0.5, 0.6) is 11.5 Å². The molecule has 2 rings (SSSR count). The summed E-state index contributed by atoms with van der Waals surface area (Å²) in [4.78, 5) is 0. The van der Waals surface area contributed by atoms with Gasteiger partial charge in [-0.2, -0.15) is 5.10 Å². The van der Waals surface area contributed by atoms with Gasteiger partial charge in [0, 0.05) is 5.56 Å². The molecule has 2 aromatic rings. The minimum absolute atomic E-state index is 0.645. The zero-order chi connectivity index (χ0) is 12.1. The van der Waals surface area contributed by atoms with Crippen LogP contribution in [-0.4, -0.2) is 35.3 Å². The zero-order valence-electron chi connectivity index (χ0n) is 9.57. The van der Waals surface area contributed by atoms with Crippen LogP contribution < -0.4 is 9.47 Å². The third kappa shape index (κ3) is 2.41. The molecule has 1 aromatic carbocycles.